The van der Waals surface area contributed by atoms with Gasteiger partial charge in [-0.3, -0.25) is 4.90 Å². The second-order valence-electron chi connectivity index (χ2n) is 3.32. The minimum Gasteiger partial charge on any atom is -0.299 e. The molecule has 3 heteroatoms. The molecule has 1 atom stereocenters. The Morgan fingerprint density at radius 3 is 3.00 bits per heavy atom. The highest BCUT2D eigenvalue weighted by atomic mass is 35.5. The largest absolute Gasteiger partial charge is 0.299 e. The molecule has 0 N–H and O–H groups in total. The summed E-state index contributed by atoms with van der Waals surface area (Å²) in [6.45, 7) is 4.86. The lowest BCUT2D eigenvalue weighted by molar-refractivity contribution is 0.284. The van der Waals surface area contributed by atoms with Gasteiger partial charge in [0.1, 0.15) is 0 Å². The lowest BCUT2D eigenvalue weighted by Gasteiger charge is -2.23. The highest BCUT2D eigenvalue weighted by Gasteiger charge is 2.19. The summed E-state index contributed by atoms with van der Waals surface area (Å²) in [5, 5.41) is 0. The van der Waals surface area contributed by atoms with Crippen LogP contribution in [0.4, 0.5) is 0 Å². The van der Waals surface area contributed by atoms with Gasteiger partial charge in [0, 0.05) is 24.2 Å². The third-order valence-corrected chi connectivity index (χ3v) is 3.71. The molecule has 0 bridgehead atoms. The summed E-state index contributed by atoms with van der Waals surface area (Å²) in [6.07, 6.45) is 1.32. The van der Waals surface area contributed by atoms with Gasteiger partial charge < -0.3 is 0 Å². The summed E-state index contributed by atoms with van der Waals surface area (Å²) in [7, 11) is 2.16. The summed E-state index contributed by atoms with van der Waals surface area (Å²) in [6, 6.07) is 0.745. The molecule has 1 heterocycles. The van der Waals surface area contributed by atoms with Gasteiger partial charge >= 0.3 is 0 Å². The molecule has 1 rings (SSSR count). The van der Waals surface area contributed by atoms with Crippen molar-refractivity contribution in [3.63, 3.8) is 0 Å². The number of rotatable bonds is 4. The first-order chi connectivity index (χ1) is 5.74. The Bertz CT molecular complexity index is 155. The fourth-order valence-corrected chi connectivity index (χ4v) is 2.78. The van der Waals surface area contributed by atoms with Crippen LogP contribution in [0, 0.1) is 0 Å². The van der Waals surface area contributed by atoms with E-state index < -0.39 is 0 Å². The van der Waals surface area contributed by atoms with Crippen LogP contribution in [-0.2, 0) is 0 Å². The summed E-state index contributed by atoms with van der Waals surface area (Å²) in [4.78, 5) is 2.37. The van der Waals surface area contributed by atoms with Crippen LogP contribution >= 0.6 is 23.4 Å². The highest BCUT2D eigenvalue weighted by Crippen LogP contribution is 2.21. The second kappa shape index (κ2) is 5.15. The molecule has 0 aliphatic carbocycles. The average molecular weight is 206 g/mol. The Kier molecular flexibility index (Phi) is 4.47. The number of nitrogens with zero attached hydrogens (tertiary/aromatic N) is 1. The summed E-state index contributed by atoms with van der Waals surface area (Å²) in [5.41, 5.74) is 1.12. The molecule has 0 spiro atoms. The highest BCUT2D eigenvalue weighted by molar-refractivity contribution is 7.99. The standard InChI is InChI=1S/C9H16ClNS/c1-8(5-10)6-11(2)9-3-4-12-7-9/h9H,1,3-7H2,2H3. The van der Waals surface area contributed by atoms with Crippen LogP contribution in [0.15, 0.2) is 12.2 Å². The SMILES string of the molecule is C=C(CCl)CN(C)C1CCSC1. The molecule has 0 amide bonds. The van der Waals surface area contributed by atoms with Crippen molar-refractivity contribution in [1.82, 2.24) is 4.90 Å². The summed E-state index contributed by atoms with van der Waals surface area (Å²) < 4.78 is 0. The normalized spacial score (nSPS) is 23.4. The first kappa shape index (κ1) is 10.4. The van der Waals surface area contributed by atoms with Gasteiger partial charge in [-0.1, -0.05) is 6.58 Å². The molecular formula is C9H16ClNS. The molecule has 1 aliphatic heterocycles. The molecule has 1 saturated heterocycles. The first-order valence-electron chi connectivity index (χ1n) is 4.24. The van der Waals surface area contributed by atoms with Gasteiger partial charge in [0.2, 0.25) is 0 Å². The molecule has 0 aromatic rings. The van der Waals surface area contributed by atoms with Crippen LogP contribution in [-0.4, -0.2) is 41.9 Å². The van der Waals surface area contributed by atoms with Crippen LogP contribution in [0.3, 0.4) is 0 Å². The topological polar surface area (TPSA) is 3.24 Å². The van der Waals surface area contributed by atoms with Gasteiger partial charge in [0.05, 0.1) is 0 Å². The Morgan fingerprint density at radius 1 is 1.75 bits per heavy atom. The molecule has 12 heavy (non-hydrogen) atoms. The number of hydrogen-bond acceptors (Lipinski definition) is 2. The number of halogens is 1. The Hall–Kier alpha value is 0.340. The van der Waals surface area contributed by atoms with E-state index in [1.165, 1.54) is 17.9 Å². The van der Waals surface area contributed by atoms with Crippen molar-refractivity contribution in [3.05, 3.63) is 12.2 Å². The lowest BCUT2D eigenvalue weighted by atomic mass is 10.2. The molecule has 0 saturated carbocycles. The van der Waals surface area contributed by atoms with Crippen LogP contribution in [0.5, 0.6) is 0 Å². The molecular weight excluding hydrogens is 190 g/mol. The smallest absolute Gasteiger partial charge is 0.0443 e. The van der Waals surface area contributed by atoms with E-state index in [0.29, 0.717) is 5.88 Å². The fraction of sp³-hybridized carbons (Fsp3) is 0.778. The zero-order chi connectivity index (χ0) is 8.97. The number of thioether (sulfide) groups is 1. The van der Waals surface area contributed by atoms with Gasteiger partial charge in [-0.2, -0.15) is 11.8 Å². The molecule has 1 unspecified atom stereocenters. The molecule has 70 valence electrons. The molecule has 0 radical (unpaired) electrons. The van der Waals surface area contributed by atoms with Crippen LogP contribution in [0.2, 0.25) is 0 Å². The van der Waals surface area contributed by atoms with E-state index in [-0.39, 0.29) is 0 Å². The Labute approximate surface area is 84.1 Å². The van der Waals surface area contributed by atoms with Crippen LogP contribution in [0.25, 0.3) is 0 Å². The van der Waals surface area contributed by atoms with Crippen molar-refractivity contribution in [1.29, 1.82) is 0 Å². The first-order valence-corrected chi connectivity index (χ1v) is 5.93. The molecule has 1 aliphatic rings. The number of likely N-dealkylation sites (N-methyl/N-ethyl adjacent to an activating group) is 1. The summed E-state index contributed by atoms with van der Waals surface area (Å²) >= 11 is 7.71. The van der Waals surface area contributed by atoms with Crippen molar-refractivity contribution in [2.45, 2.75) is 12.5 Å². The third kappa shape index (κ3) is 3.00. The van der Waals surface area contributed by atoms with E-state index in [4.69, 9.17) is 11.6 Å². The van der Waals surface area contributed by atoms with Gasteiger partial charge in [-0.25, -0.2) is 0 Å². The molecule has 1 fully saturated rings. The zero-order valence-corrected chi connectivity index (χ0v) is 9.13. The maximum Gasteiger partial charge on any atom is 0.0443 e. The zero-order valence-electron chi connectivity index (χ0n) is 7.55. The molecule has 0 aromatic carbocycles. The minimum atomic E-state index is 0.588. The average Bonchev–Trinajstić information content (AvgIpc) is 2.56. The lowest BCUT2D eigenvalue weighted by Crippen LogP contribution is -2.33. The predicted octanol–water partition coefficient (Wildman–Crippen LogP) is 2.22. The van der Waals surface area contributed by atoms with E-state index in [2.05, 4.69) is 18.5 Å². The number of alkyl halides is 1. The maximum absolute atomic E-state index is 5.67. The van der Waals surface area contributed by atoms with Gasteiger partial charge in [-0.05, 0) is 24.8 Å². The quantitative estimate of drug-likeness (QED) is 0.512. The van der Waals surface area contributed by atoms with Crippen molar-refractivity contribution in [2.24, 2.45) is 0 Å². The van der Waals surface area contributed by atoms with Crippen molar-refractivity contribution >= 4 is 23.4 Å². The Balaban J connectivity index is 2.26. The molecule has 0 aromatic heterocycles. The van der Waals surface area contributed by atoms with Gasteiger partial charge in [-0.15, -0.1) is 11.6 Å². The van der Waals surface area contributed by atoms with Crippen molar-refractivity contribution < 1.29 is 0 Å². The van der Waals surface area contributed by atoms with E-state index in [9.17, 15) is 0 Å². The monoisotopic (exact) mass is 205 g/mol. The van der Waals surface area contributed by atoms with E-state index in [1.807, 2.05) is 11.8 Å². The van der Waals surface area contributed by atoms with Crippen LogP contribution < -0.4 is 0 Å². The van der Waals surface area contributed by atoms with Gasteiger partial charge in [0.25, 0.3) is 0 Å². The fourth-order valence-electron chi connectivity index (χ4n) is 1.39. The maximum atomic E-state index is 5.67. The molecule has 1 nitrogen and oxygen atoms in total. The van der Waals surface area contributed by atoms with E-state index in [1.54, 1.807) is 0 Å². The second-order valence-corrected chi connectivity index (χ2v) is 4.73. The van der Waals surface area contributed by atoms with E-state index in [0.717, 1.165) is 18.2 Å². The predicted molar refractivity (Wildman–Crippen MR) is 58.2 cm³/mol. The van der Waals surface area contributed by atoms with E-state index >= 15 is 0 Å². The van der Waals surface area contributed by atoms with Crippen molar-refractivity contribution in [2.75, 3.05) is 31.0 Å². The third-order valence-electron chi connectivity index (χ3n) is 2.19. The van der Waals surface area contributed by atoms with Crippen LogP contribution in [0.1, 0.15) is 6.42 Å². The summed E-state index contributed by atoms with van der Waals surface area (Å²) in [5.74, 6) is 3.17. The van der Waals surface area contributed by atoms with Crippen molar-refractivity contribution in [3.8, 4) is 0 Å². The number of hydrogen-bond donors (Lipinski definition) is 0. The van der Waals surface area contributed by atoms with Gasteiger partial charge in [0.15, 0.2) is 0 Å². The Morgan fingerprint density at radius 2 is 2.50 bits per heavy atom. The minimum absolute atomic E-state index is 0.588.